The fourth-order valence-electron chi connectivity index (χ4n) is 4.86. The Labute approximate surface area is 208 Å². The molecule has 2 aromatic rings. The van der Waals surface area contributed by atoms with Gasteiger partial charge in [-0.25, -0.2) is 8.42 Å². The van der Waals surface area contributed by atoms with E-state index in [0.717, 1.165) is 42.0 Å². The van der Waals surface area contributed by atoms with E-state index in [1.807, 2.05) is 41.3 Å². The molecule has 0 saturated carbocycles. The van der Waals surface area contributed by atoms with Crippen LogP contribution in [0.4, 0.5) is 5.69 Å². The van der Waals surface area contributed by atoms with Gasteiger partial charge in [0.05, 0.1) is 17.5 Å². The minimum Gasteiger partial charge on any atom is -0.454 e. The molecule has 0 radical (unpaired) electrons. The number of hydrogen-bond donors (Lipinski definition) is 1. The first-order valence-electron chi connectivity index (χ1n) is 11.6. The molecule has 0 aromatic heterocycles. The second-order valence-electron chi connectivity index (χ2n) is 9.20. The van der Waals surface area contributed by atoms with E-state index in [4.69, 9.17) is 9.47 Å². The van der Waals surface area contributed by atoms with Crippen molar-refractivity contribution in [2.24, 2.45) is 4.99 Å². The van der Waals surface area contributed by atoms with E-state index >= 15 is 0 Å². The number of nitrogens with one attached hydrogen (secondary N) is 1. The summed E-state index contributed by atoms with van der Waals surface area (Å²) >= 11 is 1.47. The lowest BCUT2D eigenvalue weighted by atomic mass is 10.1. The van der Waals surface area contributed by atoms with E-state index in [1.54, 1.807) is 0 Å². The number of ether oxygens (including phenoxy) is 2. The second kappa shape index (κ2) is 9.03. The predicted octanol–water partition coefficient (Wildman–Crippen LogP) is 2.05. The molecule has 1 amide bonds. The maximum Gasteiger partial charge on any atom is 0.254 e. The third kappa shape index (κ3) is 4.85. The Kier molecular flexibility index (Phi) is 5.85. The summed E-state index contributed by atoms with van der Waals surface area (Å²) in [5, 5.41) is 3.97. The summed E-state index contributed by atoms with van der Waals surface area (Å²) in [5.74, 6) is 1.89. The molecule has 0 spiro atoms. The first-order chi connectivity index (χ1) is 16.9. The average Bonchev–Trinajstić information content (AvgIpc) is 3.51. The van der Waals surface area contributed by atoms with Crippen molar-refractivity contribution in [2.45, 2.75) is 17.8 Å². The van der Waals surface area contributed by atoms with Gasteiger partial charge in [0.25, 0.3) is 5.91 Å². The normalized spacial score (nSPS) is 24.8. The minimum absolute atomic E-state index is 0.0127. The molecule has 2 fully saturated rings. The summed E-state index contributed by atoms with van der Waals surface area (Å²) in [6.45, 7) is 4.02. The zero-order valence-electron chi connectivity index (χ0n) is 19.1. The van der Waals surface area contributed by atoms with E-state index in [2.05, 4.69) is 21.3 Å². The summed E-state index contributed by atoms with van der Waals surface area (Å²) in [6, 6.07) is 13.3. The van der Waals surface area contributed by atoms with Crippen LogP contribution in [0.25, 0.3) is 0 Å². The summed E-state index contributed by atoms with van der Waals surface area (Å²) in [4.78, 5) is 21.9. The number of carbonyl (C=O) groups excluding carboxylic acids is 1. The van der Waals surface area contributed by atoms with Crippen molar-refractivity contribution in [1.29, 1.82) is 0 Å². The summed E-state index contributed by atoms with van der Waals surface area (Å²) < 4.78 is 34.4. The van der Waals surface area contributed by atoms with Crippen molar-refractivity contribution in [3.8, 4) is 11.5 Å². The molecule has 35 heavy (non-hydrogen) atoms. The number of rotatable bonds is 4. The Bertz CT molecular complexity index is 1290. The summed E-state index contributed by atoms with van der Waals surface area (Å²) in [6.07, 6.45) is 0. The Morgan fingerprint density at radius 1 is 1.06 bits per heavy atom. The molecule has 2 atom stereocenters. The maximum absolute atomic E-state index is 13.2. The van der Waals surface area contributed by atoms with Gasteiger partial charge in [-0.3, -0.25) is 14.7 Å². The van der Waals surface area contributed by atoms with Crippen molar-refractivity contribution in [3.05, 3.63) is 53.6 Å². The molecular formula is C24H26N4O5S2. The molecule has 1 N–H and O–H groups in total. The Morgan fingerprint density at radius 2 is 1.89 bits per heavy atom. The molecule has 2 aromatic carbocycles. The number of hydrogen-bond acceptors (Lipinski definition) is 9. The SMILES string of the molecule is O=C(c1cccc(NC2=N[C@@H]3CS(=O)(=O)C[C@H]3S2)c1)N1CCN(Cc2ccc3c(c2)OCO3)CC1. The highest BCUT2D eigenvalue weighted by Gasteiger charge is 2.42. The van der Waals surface area contributed by atoms with Crippen LogP contribution < -0.4 is 14.8 Å². The molecule has 0 aliphatic carbocycles. The standard InChI is InChI=1S/C24H26N4O5S2/c29-23(28-8-6-27(7-9-28)12-16-4-5-20-21(10-16)33-15-32-20)17-2-1-3-18(11-17)25-24-26-19-13-35(30,31)14-22(19)34-24/h1-5,10-11,19,22H,6-9,12-15H2,(H,25,26)/t19-,22-/m1/s1. The smallest absolute Gasteiger partial charge is 0.254 e. The van der Waals surface area contributed by atoms with Gasteiger partial charge in [0.15, 0.2) is 26.5 Å². The average molecular weight is 515 g/mol. The van der Waals surface area contributed by atoms with E-state index in [1.165, 1.54) is 17.3 Å². The number of anilines is 1. The second-order valence-corrected chi connectivity index (χ2v) is 12.6. The Balaban J connectivity index is 1.04. The highest BCUT2D eigenvalue weighted by atomic mass is 32.2. The number of thioether (sulfide) groups is 1. The van der Waals surface area contributed by atoms with Crippen LogP contribution in [0.1, 0.15) is 15.9 Å². The van der Waals surface area contributed by atoms with Crippen molar-refractivity contribution in [3.63, 3.8) is 0 Å². The monoisotopic (exact) mass is 514 g/mol. The number of aliphatic imine (C=N–C) groups is 1. The van der Waals surface area contributed by atoms with Gasteiger partial charge in [0, 0.05) is 49.2 Å². The van der Waals surface area contributed by atoms with E-state index in [0.29, 0.717) is 18.7 Å². The Hall–Kier alpha value is -2.76. The van der Waals surface area contributed by atoms with Crippen molar-refractivity contribution < 1.29 is 22.7 Å². The van der Waals surface area contributed by atoms with E-state index in [9.17, 15) is 13.2 Å². The number of fused-ring (bicyclic) bond motifs is 2. The molecule has 9 nitrogen and oxygen atoms in total. The van der Waals surface area contributed by atoms with Crippen LogP contribution in [0.5, 0.6) is 11.5 Å². The molecule has 11 heteroatoms. The molecule has 0 bridgehead atoms. The lowest BCUT2D eigenvalue weighted by Crippen LogP contribution is -2.48. The van der Waals surface area contributed by atoms with Crippen molar-refractivity contribution >= 4 is 38.4 Å². The molecule has 4 heterocycles. The quantitative estimate of drug-likeness (QED) is 0.662. The molecule has 0 unspecified atom stereocenters. The van der Waals surface area contributed by atoms with E-state index < -0.39 is 9.84 Å². The number of benzene rings is 2. The van der Waals surface area contributed by atoms with Gasteiger partial charge in [0.2, 0.25) is 6.79 Å². The topological polar surface area (TPSA) is 101 Å². The molecule has 4 aliphatic heterocycles. The minimum atomic E-state index is -2.98. The number of carbonyl (C=O) groups is 1. The third-order valence-electron chi connectivity index (χ3n) is 6.68. The third-order valence-corrected chi connectivity index (χ3v) is 9.82. The van der Waals surface area contributed by atoms with Crippen LogP contribution in [0, 0.1) is 0 Å². The highest BCUT2D eigenvalue weighted by molar-refractivity contribution is 8.15. The highest BCUT2D eigenvalue weighted by Crippen LogP contribution is 2.35. The number of nitrogens with zero attached hydrogens (tertiary/aromatic N) is 3. The predicted molar refractivity (Wildman–Crippen MR) is 135 cm³/mol. The first-order valence-corrected chi connectivity index (χ1v) is 14.3. The van der Waals surface area contributed by atoms with Crippen LogP contribution in [0.15, 0.2) is 47.5 Å². The van der Waals surface area contributed by atoms with E-state index in [-0.39, 0.29) is 35.5 Å². The number of amidine groups is 1. The fraction of sp³-hybridized carbons (Fsp3) is 0.417. The molecule has 6 rings (SSSR count). The van der Waals surface area contributed by atoms with Gasteiger partial charge in [-0.15, -0.1) is 0 Å². The van der Waals surface area contributed by atoms with Crippen LogP contribution in [0.2, 0.25) is 0 Å². The molecule has 184 valence electrons. The summed E-state index contributed by atoms with van der Waals surface area (Å²) in [7, 11) is -2.98. The molecule has 2 saturated heterocycles. The van der Waals surface area contributed by atoms with Gasteiger partial charge in [-0.2, -0.15) is 0 Å². The van der Waals surface area contributed by atoms with Crippen LogP contribution in [-0.4, -0.2) is 85.1 Å². The first kappa shape index (κ1) is 22.7. The fourth-order valence-corrected chi connectivity index (χ4v) is 8.53. The van der Waals surface area contributed by atoms with Gasteiger partial charge in [-0.05, 0) is 35.9 Å². The number of piperazine rings is 1. The molecule has 4 aliphatic rings. The van der Waals surface area contributed by atoms with Crippen molar-refractivity contribution in [1.82, 2.24) is 9.80 Å². The zero-order valence-corrected chi connectivity index (χ0v) is 20.7. The lowest BCUT2D eigenvalue weighted by molar-refractivity contribution is 0.0628. The lowest BCUT2D eigenvalue weighted by Gasteiger charge is -2.34. The van der Waals surface area contributed by atoms with Crippen LogP contribution in [-0.2, 0) is 16.4 Å². The van der Waals surface area contributed by atoms with Gasteiger partial charge in [0.1, 0.15) is 0 Å². The van der Waals surface area contributed by atoms with Gasteiger partial charge in [-0.1, -0.05) is 23.9 Å². The number of sulfone groups is 1. The summed E-state index contributed by atoms with van der Waals surface area (Å²) in [5.41, 5.74) is 2.58. The van der Waals surface area contributed by atoms with Gasteiger partial charge >= 0.3 is 0 Å². The Morgan fingerprint density at radius 3 is 2.71 bits per heavy atom. The van der Waals surface area contributed by atoms with Gasteiger partial charge < -0.3 is 19.7 Å². The number of amides is 1. The maximum atomic E-state index is 13.2. The molecular weight excluding hydrogens is 488 g/mol. The zero-order chi connectivity index (χ0) is 24.0. The largest absolute Gasteiger partial charge is 0.454 e. The van der Waals surface area contributed by atoms with Crippen molar-refractivity contribution in [2.75, 3.05) is 49.8 Å². The van der Waals surface area contributed by atoms with Crippen LogP contribution in [0.3, 0.4) is 0 Å². The van der Waals surface area contributed by atoms with Crippen LogP contribution >= 0.6 is 11.8 Å².